The Balaban J connectivity index is 0.00000243. The van der Waals surface area contributed by atoms with Crippen LogP contribution in [0.4, 0.5) is 0 Å². The Kier molecular flexibility index (Phi) is 7.61. The molecular formula is C21H35BClNO2. The van der Waals surface area contributed by atoms with E-state index in [-0.39, 0.29) is 30.7 Å². The summed E-state index contributed by atoms with van der Waals surface area (Å²) >= 11 is 0. The smallest absolute Gasteiger partial charge is 0.399 e. The molecule has 1 heterocycles. The van der Waals surface area contributed by atoms with Gasteiger partial charge in [0.1, 0.15) is 0 Å². The van der Waals surface area contributed by atoms with Crippen molar-refractivity contribution >= 4 is 25.0 Å². The van der Waals surface area contributed by atoms with Gasteiger partial charge in [0.15, 0.2) is 0 Å². The Morgan fingerprint density at radius 3 is 2.12 bits per heavy atom. The van der Waals surface area contributed by atoms with Crippen LogP contribution >= 0.6 is 12.4 Å². The molecular weight excluding hydrogens is 345 g/mol. The highest BCUT2D eigenvalue weighted by atomic mass is 35.5. The molecule has 0 atom stereocenters. The lowest BCUT2D eigenvalue weighted by molar-refractivity contribution is 0.00578. The molecule has 1 saturated carbocycles. The van der Waals surface area contributed by atoms with E-state index in [2.05, 4.69) is 57.3 Å². The highest BCUT2D eigenvalue weighted by molar-refractivity contribution is 6.62. The monoisotopic (exact) mass is 379 g/mol. The third kappa shape index (κ3) is 5.25. The van der Waals surface area contributed by atoms with Gasteiger partial charge in [-0.2, -0.15) is 0 Å². The van der Waals surface area contributed by atoms with E-state index in [1.807, 2.05) is 0 Å². The van der Waals surface area contributed by atoms with Crippen molar-refractivity contribution in [3.8, 4) is 0 Å². The van der Waals surface area contributed by atoms with Crippen LogP contribution in [-0.2, 0) is 15.7 Å². The lowest BCUT2D eigenvalue weighted by Gasteiger charge is -2.32. The van der Waals surface area contributed by atoms with Crippen LogP contribution < -0.4 is 10.8 Å². The minimum Gasteiger partial charge on any atom is -0.399 e. The Morgan fingerprint density at radius 2 is 1.54 bits per heavy atom. The molecule has 1 aliphatic carbocycles. The molecule has 2 fully saturated rings. The van der Waals surface area contributed by atoms with Gasteiger partial charge in [-0.1, -0.05) is 43.5 Å². The molecule has 146 valence electrons. The molecule has 5 heteroatoms. The number of hydrogen-bond donors (Lipinski definition) is 1. The van der Waals surface area contributed by atoms with Crippen molar-refractivity contribution in [2.45, 2.75) is 77.4 Å². The fourth-order valence-electron chi connectivity index (χ4n) is 3.75. The highest BCUT2D eigenvalue weighted by Crippen LogP contribution is 2.36. The molecule has 1 aromatic carbocycles. The van der Waals surface area contributed by atoms with Crippen LogP contribution in [0.15, 0.2) is 24.3 Å². The highest BCUT2D eigenvalue weighted by Gasteiger charge is 2.51. The van der Waals surface area contributed by atoms with Gasteiger partial charge in [-0.05, 0) is 77.0 Å². The molecule has 1 aromatic rings. The maximum Gasteiger partial charge on any atom is 0.494 e. The average Bonchev–Trinajstić information content (AvgIpc) is 2.81. The first-order valence-corrected chi connectivity index (χ1v) is 10.0. The van der Waals surface area contributed by atoms with E-state index >= 15 is 0 Å². The molecule has 0 radical (unpaired) electrons. The van der Waals surface area contributed by atoms with Gasteiger partial charge in [0.25, 0.3) is 0 Å². The summed E-state index contributed by atoms with van der Waals surface area (Å²) < 4.78 is 12.2. The Bertz CT molecular complexity index is 540. The second-order valence-corrected chi connectivity index (χ2v) is 8.79. The quantitative estimate of drug-likeness (QED) is 0.596. The largest absolute Gasteiger partial charge is 0.494 e. The van der Waals surface area contributed by atoms with E-state index in [1.54, 1.807) is 0 Å². The van der Waals surface area contributed by atoms with Crippen molar-refractivity contribution < 1.29 is 9.31 Å². The van der Waals surface area contributed by atoms with Crippen LogP contribution in [0.2, 0.25) is 0 Å². The topological polar surface area (TPSA) is 30.5 Å². The zero-order chi connectivity index (χ0) is 17.9. The first kappa shape index (κ1) is 21.8. The van der Waals surface area contributed by atoms with Crippen LogP contribution in [0.1, 0.15) is 65.4 Å². The van der Waals surface area contributed by atoms with Crippen LogP contribution in [-0.4, -0.2) is 31.4 Å². The second-order valence-electron chi connectivity index (χ2n) is 8.79. The van der Waals surface area contributed by atoms with Crippen molar-refractivity contribution in [3.63, 3.8) is 0 Å². The van der Waals surface area contributed by atoms with Gasteiger partial charge in [0.05, 0.1) is 11.2 Å². The van der Waals surface area contributed by atoms with E-state index < -0.39 is 0 Å². The summed E-state index contributed by atoms with van der Waals surface area (Å²) in [5, 5.41) is 3.65. The zero-order valence-electron chi connectivity index (χ0n) is 16.8. The average molecular weight is 380 g/mol. The summed E-state index contributed by atoms with van der Waals surface area (Å²) in [6, 6.07) is 8.72. The number of benzene rings is 1. The number of nitrogens with one attached hydrogen (secondary N) is 1. The summed E-state index contributed by atoms with van der Waals surface area (Å²) in [5.41, 5.74) is 1.92. The molecule has 0 unspecified atom stereocenters. The summed E-state index contributed by atoms with van der Waals surface area (Å²) in [5.74, 6) is 0.902. The van der Waals surface area contributed by atoms with Gasteiger partial charge >= 0.3 is 7.12 Å². The minimum atomic E-state index is -0.278. The second kappa shape index (κ2) is 9.10. The van der Waals surface area contributed by atoms with Crippen molar-refractivity contribution in [1.82, 2.24) is 5.32 Å². The maximum absolute atomic E-state index is 6.12. The van der Waals surface area contributed by atoms with Gasteiger partial charge in [-0.15, -0.1) is 12.4 Å². The Hall–Kier alpha value is -0.545. The van der Waals surface area contributed by atoms with E-state index in [1.165, 1.54) is 44.2 Å². The molecule has 0 bridgehead atoms. The standard InChI is InChI=1S/C21H34BNO2.ClH/c1-20(2)21(3,4)25-22(24-20)19-12-10-17(11-13-19)14-15-23-16-18-8-6-5-7-9-18;/h10-13,18,23H,5-9,14-16H2,1-4H3;1H. The normalized spacial score (nSPS) is 22.2. The molecule has 0 spiro atoms. The number of hydrogen-bond acceptors (Lipinski definition) is 3. The fourth-order valence-corrected chi connectivity index (χ4v) is 3.75. The third-order valence-corrected chi connectivity index (χ3v) is 6.25. The van der Waals surface area contributed by atoms with Crippen molar-refractivity contribution in [1.29, 1.82) is 0 Å². The van der Waals surface area contributed by atoms with Crippen LogP contribution in [0.25, 0.3) is 0 Å². The molecule has 1 saturated heterocycles. The third-order valence-electron chi connectivity index (χ3n) is 6.25. The zero-order valence-corrected chi connectivity index (χ0v) is 17.7. The van der Waals surface area contributed by atoms with E-state index in [0.29, 0.717) is 0 Å². The van der Waals surface area contributed by atoms with Crippen LogP contribution in [0, 0.1) is 5.92 Å². The molecule has 3 nitrogen and oxygen atoms in total. The summed E-state index contributed by atoms with van der Waals surface area (Å²) in [6.07, 6.45) is 8.19. The van der Waals surface area contributed by atoms with Gasteiger partial charge in [0.2, 0.25) is 0 Å². The molecule has 1 N–H and O–H groups in total. The minimum absolute atomic E-state index is 0. The predicted molar refractivity (Wildman–Crippen MR) is 113 cm³/mol. The Morgan fingerprint density at radius 1 is 0.962 bits per heavy atom. The van der Waals surface area contributed by atoms with Gasteiger partial charge in [0, 0.05) is 0 Å². The first-order valence-electron chi connectivity index (χ1n) is 10.0. The van der Waals surface area contributed by atoms with Gasteiger partial charge in [-0.3, -0.25) is 0 Å². The predicted octanol–water partition coefficient (Wildman–Crippen LogP) is 4.12. The lowest BCUT2D eigenvalue weighted by atomic mass is 9.79. The van der Waals surface area contributed by atoms with Crippen molar-refractivity contribution in [3.05, 3.63) is 29.8 Å². The fraction of sp³-hybridized carbons (Fsp3) is 0.714. The van der Waals surface area contributed by atoms with E-state index in [0.717, 1.165) is 24.3 Å². The van der Waals surface area contributed by atoms with Crippen molar-refractivity contribution in [2.24, 2.45) is 5.92 Å². The molecule has 26 heavy (non-hydrogen) atoms. The van der Waals surface area contributed by atoms with Gasteiger partial charge in [-0.25, -0.2) is 0 Å². The van der Waals surface area contributed by atoms with E-state index in [9.17, 15) is 0 Å². The number of halogens is 1. The summed E-state index contributed by atoms with van der Waals surface area (Å²) in [7, 11) is -0.261. The van der Waals surface area contributed by atoms with E-state index in [4.69, 9.17) is 9.31 Å². The molecule has 3 rings (SSSR count). The summed E-state index contributed by atoms with van der Waals surface area (Å²) in [6.45, 7) is 10.6. The molecule has 0 amide bonds. The molecule has 2 aliphatic rings. The van der Waals surface area contributed by atoms with Crippen molar-refractivity contribution in [2.75, 3.05) is 13.1 Å². The van der Waals surface area contributed by atoms with Gasteiger partial charge < -0.3 is 14.6 Å². The maximum atomic E-state index is 6.12. The summed E-state index contributed by atoms with van der Waals surface area (Å²) in [4.78, 5) is 0. The molecule has 1 aliphatic heterocycles. The lowest BCUT2D eigenvalue weighted by Crippen LogP contribution is -2.41. The molecule has 0 aromatic heterocycles. The van der Waals surface area contributed by atoms with Crippen LogP contribution in [0.3, 0.4) is 0 Å². The SMILES string of the molecule is CC1(C)OB(c2ccc(CCNCC3CCCCC3)cc2)OC1(C)C.Cl. The van der Waals surface area contributed by atoms with Crippen LogP contribution in [0.5, 0.6) is 0 Å². The number of rotatable bonds is 6. The Labute approximate surface area is 166 Å². The first-order chi connectivity index (χ1) is 11.9.